The maximum atomic E-state index is 12.3. The zero-order valence-electron chi connectivity index (χ0n) is 18.7. The van der Waals surface area contributed by atoms with Gasteiger partial charge in [0, 0.05) is 6.08 Å². The third-order valence-electron chi connectivity index (χ3n) is 4.95. The second-order valence-corrected chi connectivity index (χ2v) is 7.64. The van der Waals surface area contributed by atoms with E-state index < -0.39 is 6.36 Å². The van der Waals surface area contributed by atoms with Crippen molar-refractivity contribution in [3.8, 4) is 5.75 Å². The maximum Gasteiger partial charge on any atom is 0.573 e. The lowest BCUT2D eigenvalue weighted by molar-refractivity contribution is -0.274. The van der Waals surface area contributed by atoms with E-state index >= 15 is 0 Å². The molecule has 1 N–H and O–H groups in total. The van der Waals surface area contributed by atoms with Crippen LogP contribution in [0.15, 0.2) is 114 Å². The normalized spacial score (nSPS) is 14.5. The van der Waals surface area contributed by atoms with Gasteiger partial charge in [-0.15, -0.1) is 18.3 Å². The molecule has 5 nitrogen and oxygen atoms in total. The largest absolute Gasteiger partial charge is 0.573 e. The second-order valence-electron chi connectivity index (χ2n) is 7.64. The summed E-state index contributed by atoms with van der Waals surface area (Å²) in [5, 5.41) is 4.32. The molecule has 0 fully saturated rings. The van der Waals surface area contributed by atoms with Crippen LogP contribution in [0.4, 0.5) is 13.2 Å². The average Bonchev–Trinajstić information content (AvgIpc) is 2.86. The van der Waals surface area contributed by atoms with Crippen LogP contribution in [0, 0.1) is 0 Å². The minimum absolute atomic E-state index is 0.258. The van der Waals surface area contributed by atoms with Gasteiger partial charge in [0.25, 0.3) is 5.90 Å². The summed E-state index contributed by atoms with van der Waals surface area (Å²) in [4.78, 5) is 0. The summed E-state index contributed by atoms with van der Waals surface area (Å²) >= 11 is 0. The Labute approximate surface area is 201 Å². The molecule has 1 heterocycles. The van der Waals surface area contributed by atoms with E-state index in [2.05, 4.69) is 15.3 Å². The van der Waals surface area contributed by atoms with Gasteiger partial charge in [0.15, 0.2) is 5.76 Å². The van der Waals surface area contributed by atoms with Crippen molar-refractivity contribution in [1.82, 2.24) is 5.43 Å². The van der Waals surface area contributed by atoms with Gasteiger partial charge in [-0.25, -0.2) is 0 Å². The zero-order chi connectivity index (χ0) is 24.5. The van der Waals surface area contributed by atoms with Gasteiger partial charge in [-0.1, -0.05) is 78.9 Å². The number of allylic oxidation sites excluding steroid dienone is 2. The van der Waals surface area contributed by atoms with E-state index in [-0.39, 0.29) is 5.75 Å². The van der Waals surface area contributed by atoms with Crippen molar-refractivity contribution in [1.29, 1.82) is 0 Å². The molecule has 0 bridgehead atoms. The summed E-state index contributed by atoms with van der Waals surface area (Å²) in [7, 11) is 0. The Balaban J connectivity index is 1.44. The molecule has 0 atom stereocenters. The quantitative estimate of drug-likeness (QED) is 0.414. The molecule has 0 saturated carbocycles. The first-order chi connectivity index (χ1) is 16.9. The molecular weight excluding hydrogens is 457 g/mol. The van der Waals surface area contributed by atoms with Crippen LogP contribution >= 0.6 is 0 Å². The van der Waals surface area contributed by atoms with Crippen LogP contribution in [0.25, 0.3) is 0 Å². The first-order valence-corrected chi connectivity index (χ1v) is 10.9. The molecule has 1 aliphatic heterocycles. The van der Waals surface area contributed by atoms with Gasteiger partial charge >= 0.3 is 6.36 Å². The molecule has 35 heavy (non-hydrogen) atoms. The first-order valence-electron chi connectivity index (χ1n) is 10.9. The Morgan fingerprint density at radius 3 is 1.94 bits per heavy atom. The van der Waals surface area contributed by atoms with Crippen molar-refractivity contribution in [2.75, 3.05) is 0 Å². The number of nitrogens with one attached hydrogen (secondary N) is 1. The molecule has 0 radical (unpaired) electrons. The summed E-state index contributed by atoms with van der Waals surface area (Å²) < 4.78 is 52.8. The third-order valence-corrected chi connectivity index (χ3v) is 4.95. The molecule has 0 aromatic heterocycles. The highest BCUT2D eigenvalue weighted by atomic mass is 19.4. The van der Waals surface area contributed by atoms with E-state index in [0.29, 0.717) is 37.0 Å². The lowest BCUT2D eigenvalue weighted by Gasteiger charge is -2.19. The van der Waals surface area contributed by atoms with Crippen molar-refractivity contribution in [2.45, 2.75) is 26.0 Å². The lowest BCUT2D eigenvalue weighted by atomic mass is 10.1. The van der Waals surface area contributed by atoms with Crippen molar-refractivity contribution in [2.24, 2.45) is 5.10 Å². The molecule has 3 aromatic carbocycles. The number of hydrogen-bond donors (Lipinski definition) is 1. The molecule has 0 spiro atoms. The van der Waals surface area contributed by atoms with Crippen molar-refractivity contribution >= 4 is 5.90 Å². The molecule has 0 unspecified atom stereocenters. The Kier molecular flexibility index (Phi) is 7.72. The third kappa shape index (κ3) is 7.67. The minimum Gasteiger partial charge on any atom is -0.483 e. The average molecular weight is 480 g/mol. The highest BCUT2D eigenvalue weighted by Gasteiger charge is 2.30. The predicted molar refractivity (Wildman–Crippen MR) is 126 cm³/mol. The van der Waals surface area contributed by atoms with Crippen LogP contribution in [0.1, 0.15) is 16.7 Å². The Morgan fingerprint density at radius 2 is 1.34 bits per heavy atom. The number of alkyl halides is 3. The number of ether oxygens (including phenoxy) is 3. The van der Waals surface area contributed by atoms with E-state index in [1.807, 2.05) is 66.7 Å². The van der Waals surface area contributed by atoms with Crippen LogP contribution in [0.3, 0.4) is 0 Å². The maximum absolute atomic E-state index is 12.3. The number of benzene rings is 3. The Morgan fingerprint density at radius 1 is 0.743 bits per heavy atom. The molecule has 180 valence electrons. The molecule has 3 aromatic rings. The summed E-state index contributed by atoms with van der Waals surface area (Å²) in [5.74, 6) is 0.547. The van der Waals surface area contributed by atoms with Crippen LogP contribution < -0.4 is 10.2 Å². The second kappa shape index (κ2) is 11.3. The van der Waals surface area contributed by atoms with E-state index in [4.69, 9.17) is 9.47 Å². The summed E-state index contributed by atoms with van der Waals surface area (Å²) in [6, 6.07) is 25.2. The van der Waals surface area contributed by atoms with Crippen LogP contribution in [-0.2, 0) is 29.1 Å². The summed E-state index contributed by atoms with van der Waals surface area (Å²) in [5.41, 5.74) is 6.42. The highest BCUT2D eigenvalue weighted by molar-refractivity contribution is 5.92. The highest BCUT2D eigenvalue weighted by Crippen LogP contribution is 2.23. The Bertz CT molecular complexity index is 1190. The van der Waals surface area contributed by atoms with Gasteiger partial charge in [0.2, 0.25) is 0 Å². The van der Waals surface area contributed by atoms with Gasteiger partial charge in [0.05, 0.1) is 5.70 Å². The zero-order valence-corrected chi connectivity index (χ0v) is 18.7. The van der Waals surface area contributed by atoms with Gasteiger partial charge < -0.3 is 14.2 Å². The van der Waals surface area contributed by atoms with Gasteiger partial charge in [-0.3, -0.25) is 5.43 Å². The molecular formula is C27H23F3N2O3. The minimum atomic E-state index is -4.71. The molecule has 8 heteroatoms. The number of rotatable bonds is 8. The molecule has 0 saturated heterocycles. The van der Waals surface area contributed by atoms with Crippen molar-refractivity contribution in [3.05, 3.63) is 125 Å². The van der Waals surface area contributed by atoms with Gasteiger partial charge in [-0.05, 0) is 35.2 Å². The van der Waals surface area contributed by atoms with E-state index in [1.54, 1.807) is 18.2 Å². The SMILES string of the molecule is FC(F)(F)Oc1ccc(CC=C2C=C(OCc3ccccc3)C(OCc3ccccc3)=NN2)cc1. The van der Waals surface area contributed by atoms with Crippen LogP contribution in [0.2, 0.25) is 0 Å². The summed E-state index contributed by atoms with van der Waals surface area (Å²) in [6.07, 6.45) is -0.595. The fourth-order valence-electron chi connectivity index (χ4n) is 3.23. The fourth-order valence-corrected chi connectivity index (χ4v) is 3.23. The van der Waals surface area contributed by atoms with Gasteiger partial charge in [-0.2, -0.15) is 0 Å². The Hall–Kier alpha value is -4.20. The monoisotopic (exact) mass is 480 g/mol. The van der Waals surface area contributed by atoms with Crippen molar-refractivity contribution < 1.29 is 27.4 Å². The van der Waals surface area contributed by atoms with E-state index in [0.717, 1.165) is 16.7 Å². The smallest absolute Gasteiger partial charge is 0.483 e. The number of hydrogen-bond acceptors (Lipinski definition) is 5. The van der Waals surface area contributed by atoms with E-state index in [9.17, 15) is 13.2 Å². The molecule has 0 amide bonds. The molecule has 4 rings (SSSR count). The predicted octanol–water partition coefficient (Wildman–Crippen LogP) is 6.25. The molecule has 0 aliphatic carbocycles. The topological polar surface area (TPSA) is 52.1 Å². The first kappa shape index (κ1) is 23.9. The van der Waals surface area contributed by atoms with Crippen molar-refractivity contribution in [3.63, 3.8) is 0 Å². The van der Waals surface area contributed by atoms with Crippen LogP contribution in [-0.4, -0.2) is 12.3 Å². The molecule has 1 aliphatic rings. The summed E-state index contributed by atoms with van der Waals surface area (Å²) in [6.45, 7) is 0.674. The number of halogens is 3. The standard InChI is InChI=1S/C27H23F3N2O3/c28-27(29,30)35-24-15-12-20(13-16-24)11-14-23-17-25(33-18-21-7-3-1-4-8-21)26(32-31-23)34-19-22-9-5-2-6-10-22/h1-10,12-17,31H,11,18-19H2. The van der Waals surface area contributed by atoms with E-state index in [1.165, 1.54) is 12.1 Å². The lowest BCUT2D eigenvalue weighted by Crippen LogP contribution is -2.22. The van der Waals surface area contributed by atoms with Crippen LogP contribution in [0.5, 0.6) is 5.75 Å². The number of nitrogens with zero attached hydrogens (tertiary/aromatic N) is 1. The number of hydrazone groups is 1. The van der Waals surface area contributed by atoms with Gasteiger partial charge in [0.1, 0.15) is 19.0 Å². The fraction of sp³-hybridized carbons (Fsp3) is 0.148.